The first-order valence-electron chi connectivity index (χ1n) is 6.89. The normalized spacial score (nSPS) is 19.1. The average molecular weight is 262 g/mol. The van der Waals surface area contributed by atoms with Gasteiger partial charge in [-0.1, -0.05) is 19.9 Å². The van der Waals surface area contributed by atoms with Gasteiger partial charge in [0.2, 0.25) is 0 Å². The number of nitro benzene ring substituents is 1. The topological polar surface area (TPSA) is 55.2 Å². The van der Waals surface area contributed by atoms with Gasteiger partial charge in [-0.2, -0.15) is 0 Å². The van der Waals surface area contributed by atoms with E-state index in [0.717, 1.165) is 18.5 Å². The van der Waals surface area contributed by atoms with Crippen molar-refractivity contribution in [1.82, 2.24) is 0 Å². The quantitative estimate of drug-likeness (QED) is 0.653. The monoisotopic (exact) mass is 262 g/mol. The fraction of sp³-hybridized carbons (Fsp3) is 0.600. The van der Waals surface area contributed by atoms with E-state index >= 15 is 0 Å². The average Bonchev–Trinajstić information content (AvgIpc) is 2.34. The fourth-order valence-corrected chi connectivity index (χ4v) is 2.68. The van der Waals surface area contributed by atoms with Crippen molar-refractivity contribution >= 4 is 11.4 Å². The molecule has 2 rings (SSSR count). The summed E-state index contributed by atoms with van der Waals surface area (Å²) < 4.78 is 0. The summed E-state index contributed by atoms with van der Waals surface area (Å²) in [5.41, 5.74) is 2.21. The molecule has 0 aliphatic heterocycles. The summed E-state index contributed by atoms with van der Waals surface area (Å²) in [5, 5.41) is 14.4. The van der Waals surface area contributed by atoms with Crippen LogP contribution in [0, 0.1) is 22.5 Å². The van der Waals surface area contributed by atoms with Crippen LogP contribution in [0.15, 0.2) is 18.2 Å². The number of nitrogens with zero attached hydrogens (tertiary/aromatic N) is 1. The van der Waals surface area contributed by atoms with Gasteiger partial charge in [0.1, 0.15) is 0 Å². The van der Waals surface area contributed by atoms with Crippen molar-refractivity contribution in [2.75, 3.05) is 5.32 Å². The van der Waals surface area contributed by atoms with Crippen LogP contribution < -0.4 is 5.32 Å². The molecule has 1 N–H and O–H groups in total. The Morgan fingerprint density at radius 3 is 2.53 bits per heavy atom. The van der Waals surface area contributed by atoms with Crippen molar-refractivity contribution in [3.05, 3.63) is 33.9 Å². The number of nitrogens with one attached hydrogen (secondary N) is 1. The van der Waals surface area contributed by atoms with Crippen LogP contribution in [0.25, 0.3) is 0 Å². The standard InChI is InChI=1S/C15H22N2O2/c1-11-4-5-13(10-14(11)17(18)19)16-12-6-8-15(2,3)9-7-12/h4-5,10,12,16H,6-9H2,1-3H3. The summed E-state index contributed by atoms with van der Waals surface area (Å²) in [6.45, 7) is 6.38. The van der Waals surface area contributed by atoms with E-state index in [4.69, 9.17) is 0 Å². The lowest BCUT2D eigenvalue weighted by molar-refractivity contribution is -0.385. The van der Waals surface area contributed by atoms with Gasteiger partial charge in [0, 0.05) is 23.4 Å². The number of rotatable bonds is 3. The van der Waals surface area contributed by atoms with Crippen LogP contribution >= 0.6 is 0 Å². The van der Waals surface area contributed by atoms with Gasteiger partial charge in [-0.25, -0.2) is 0 Å². The van der Waals surface area contributed by atoms with E-state index in [9.17, 15) is 10.1 Å². The number of anilines is 1. The van der Waals surface area contributed by atoms with Gasteiger partial charge in [0.05, 0.1) is 4.92 Å². The number of nitro groups is 1. The van der Waals surface area contributed by atoms with E-state index in [0.29, 0.717) is 17.0 Å². The molecule has 1 aromatic carbocycles. The second-order valence-corrected chi connectivity index (χ2v) is 6.34. The molecule has 0 heterocycles. The summed E-state index contributed by atoms with van der Waals surface area (Å²) in [6.07, 6.45) is 4.68. The Balaban J connectivity index is 2.04. The lowest BCUT2D eigenvalue weighted by Gasteiger charge is -2.35. The molecule has 0 radical (unpaired) electrons. The number of aryl methyl sites for hydroxylation is 1. The molecule has 1 aliphatic rings. The van der Waals surface area contributed by atoms with Crippen molar-refractivity contribution in [3.8, 4) is 0 Å². The highest BCUT2D eigenvalue weighted by atomic mass is 16.6. The van der Waals surface area contributed by atoms with Crippen molar-refractivity contribution < 1.29 is 4.92 Å². The third kappa shape index (κ3) is 3.46. The molecular weight excluding hydrogens is 240 g/mol. The molecule has 0 amide bonds. The first kappa shape index (κ1) is 13.8. The highest BCUT2D eigenvalue weighted by molar-refractivity contribution is 5.55. The van der Waals surface area contributed by atoms with Gasteiger partial charge in [0.25, 0.3) is 5.69 Å². The van der Waals surface area contributed by atoms with E-state index in [1.54, 1.807) is 13.0 Å². The molecule has 4 nitrogen and oxygen atoms in total. The van der Waals surface area contributed by atoms with Crippen molar-refractivity contribution in [1.29, 1.82) is 0 Å². The van der Waals surface area contributed by atoms with E-state index in [-0.39, 0.29) is 10.6 Å². The van der Waals surface area contributed by atoms with E-state index in [1.807, 2.05) is 12.1 Å². The Labute approximate surface area is 114 Å². The molecule has 0 atom stereocenters. The number of benzene rings is 1. The second-order valence-electron chi connectivity index (χ2n) is 6.34. The van der Waals surface area contributed by atoms with Crippen LogP contribution in [-0.4, -0.2) is 11.0 Å². The first-order chi connectivity index (χ1) is 8.87. The predicted octanol–water partition coefficient (Wildman–Crippen LogP) is 4.28. The van der Waals surface area contributed by atoms with Crippen LogP contribution in [0.2, 0.25) is 0 Å². The molecule has 1 fully saturated rings. The van der Waals surface area contributed by atoms with Crippen LogP contribution in [-0.2, 0) is 0 Å². The zero-order chi connectivity index (χ0) is 14.0. The summed E-state index contributed by atoms with van der Waals surface area (Å²) in [4.78, 5) is 10.6. The first-order valence-corrected chi connectivity index (χ1v) is 6.89. The zero-order valence-corrected chi connectivity index (χ0v) is 11.9. The molecule has 1 aromatic rings. The third-order valence-electron chi connectivity index (χ3n) is 4.12. The summed E-state index contributed by atoms with van der Waals surface area (Å²) >= 11 is 0. The van der Waals surface area contributed by atoms with Crippen molar-refractivity contribution in [3.63, 3.8) is 0 Å². The minimum absolute atomic E-state index is 0.195. The van der Waals surface area contributed by atoms with Gasteiger partial charge in [-0.15, -0.1) is 0 Å². The highest BCUT2D eigenvalue weighted by Crippen LogP contribution is 2.36. The molecule has 19 heavy (non-hydrogen) atoms. The van der Waals surface area contributed by atoms with Crippen LogP contribution in [0.5, 0.6) is 0 Å². The lowest BCUT2D eigenvalue weighted by atomic mass is 9.75. The second kappa shape index (κ2) is 5.19. The largest absolute Gasteiger partial charge is 0.382 e. The van der Waals surface area contributed by atoms with Gasteiger partial charge >= 0.3 is 0 Å². The Bertz CT molecular complexity index is 473. The molecule has 0 saturated heterocycles. The smallest absolute Gasteiger partial charge is 0.274 e. The molecule has 0 aromatic heterocycles. The van der Waals surface area contributed by atoms with Gasteiger partial charge < -0.3 is 5.32 Å². The Morgan fingerprint density at radius 2 is 1.95 bits per heavy atom. The van der Waals surface area contributed by atoms with Gasteiger partial charge in [0.15, 0.2) is 0 Å². The maximum absolute atomic E-state index is 10.9. The van der Waals surface area contributed by atoms with Gasteiger partial charge in [-0.05, 0) is 44.1 Å². The van der Waals surface area contributed by atoms with Crippen LogP contribution in [0.4, 0.5) is 11.4 Å². The molecule has 104 valence electrons. The Hall–Kier alpha value is -1.58. The number of hydrogen-bond donors (Lipinski definition) is 1. The number of hydrogen-bond acceptors (Lipinski definition) is 3. The minimum Gasteiger partial charge on any atom is -0.382 e. The van der Waals surface area contributed by atoms with E-state index in [1.165, 1.54) is 12.8 Å². The van der Waals surface area contributed by atoms with E-state index < -0.39 is 0 Å². The fourth-order valence-electron chi connectivity index (χ4n) is 2.68. The molecule has 4 heteroatoms. The minimum atomic E-state index is -0.315. The molecule has 1 aliphatic carbocycles. The predicted molar refractivity (Wildman–Crippen MR) is 77.5 cm³/mol. The van der Waals surface area contributed by atoms with Crippen molar-refractivity contribution in [2.24, 2.45) is 5.41 Å². The maximum atomic E-state index is 10.9. The van der Waals surface area contributed by atoms with Gasteiger partial charge in [-0.3, -0.25) is 10.1 Å². The van der Waals surface area contributed by atoms with E-state index in [2.05, 4.69) is 19.2 Å². The SMILES string of the molecule is Cc1ccc(NC2CCC(C)(C)CC2)cc1[N+](=O)[O-]. The maximum Gasteiger partial charge on any atom is 0.274 e. The molecule has 0 spiro atoms. The molecule has 0 unspecified atom stereocenters. The molecule has 1 saturated carbocycles. The Kier molecular flexibility index (Phi) is 3.78. The lowest BCUT2D eigenvalue weighted by Crippen LogP contribution is -2.29. The summed E-state index contributed by atoms with van der Waals surface area (Å²) in [7, 11) is 0. The Morgan fingerprint density at radius 1 is 1.32 bits per heavy atom. The zero-order valence-electron chi connectivity index (χ0n) is 11.9. The van der Waals surface area contributed by atoms with Crippen LogP contribution in [0.3, 0.4) is 0 Å². The molecule has 0 bridgehead atoms. The highest BCUT2D eigenvalue weighted by Gasteiger charge is 2.26. The third-order valence-corrected chi connectivity index (χ3v) is 4.12. The summed E-state index contributed by atoms with van der Waals surface area (Å²) in [5.74, 6) is 0. The summed E-state index contributed by atoms with van der Waals surface area (Å²) in [6, 6.07) is 5.83. The van der Waals surface area contributed by atoms with Crippen molar-refractivity contribution in [2.45, 2.75) is 52.5 Å². The van der Waals surface area contributed by atoms with Crippen LogP contribution in [0.1, 0.15) is 45.1 Å². The molecular formula is C15H22N2O2.